The van der Waals surface area contributed by atoms with Crippen molar-refractivity contribution in [1.29, 1.82) is 0 Å². The van der Waals surface area contributed by atoms with Gasteiger partial charge in [0.1, 0.15) is 5.82 Å². The Morgan fingerprint density at radius 2 is 1.78 bits per heavy atom. The van der Waals surface area contributed by atoms with Gasteiger partial charge >= 0.3 is 0 Å². The number of fused-ring (bicyclic) bond motifs is 1. The van der Waals surface area contributed by atoms with Gasteiger partial charge < -0.3 is 9.88 Å². The number of imidazole rings is 1. The van der Waals surface area contributed by atoms with Gasteiger partial charge in [0.05, 0.1) is 17.6 Å². The fourth-order valence-corrected chi connectivity index (χ4v) is 3.94. The SMILES string of the molecule is Cc1nc2ccccc2n1CC1CCN(CC(=O)Nc2ccccc2)CC1. The van der Waals surface area contributed by atoms with E-state index < -0.39 is 0 Å². The molecule has 1 saturated heterocycles. The lowest BCUT2D eigenvalue weighted by molar-refractivity contribution is -0.117. The maximum absolute atomic E-state index is 12.2. The summed E-state index contributed by atoms with van der Waals surface area (Å²) >= 11 is 0. The second kappa shape index (κ2) is 7.92. The standard InChI is InChI=1S/C22H26N4O/c1-17-23-20-9-5-6-10-21(20)26(17)15-18-11-13-25(14-12-18)16-22(27)24-19-7-3-2-4-8-19/h2-10,18H,11-16H2,1H3,(H,24,27). The number of hydrogen-bond donors (Lipinski definition) is 1. The van der Waals surface area contributed by atoms with Crippen LogP contribution in [0.3, 0.4) is 0 Å². The van der Waals surface area contributed by atoms with Crippen molar-refractivity contribution in [2.75, 3.05) is 25.0 Å². The number of aromatic nitrogens is 2. The summed E-state index contributed by atoms with van der Waals surface area (Å²) in [5, 5.41) is 2.97. The van der Waals surface area contributed by atoms with Crippen molar-refractivity contribution in [1.82, 2.24) is 14.5 Å². The number of nitrogens with zero attached hydrogens (tertiary/aromatic N) is 3. The molecule has 1 N–H and O–H groups in total. The number of benzene rings is 2. The largest absolute Gasteiger partial charge is 0.328 e. The Balaban J connectivity index is 1.30. The molecule has 5 nitrogen and oxygen atoms in total. The van der Waals surface area contributed by atoms with Gasteiger partial charge in [-0.3, -0.25) is 9.69 Å². The molecular weight excluding hydrogens is 336 g/mol. The molecule has 1 amide bonds. The highest BCUT2D eigenvalue weighted by atomic mass is 16.2. The van der Waals surface area contributed by atoms with Gasteiger partial charge in [-0.25, -0.2) is 4.98 Å². The molecule has 2 heterocycles. The number of amides is 1. The molecule has 1 aliphatic rings. The fraction of sp³-hybridized carbons (Fsp3) is 0.364. The summed E-state index contributed by atoms with van der Waals surface area (Å²) in [6.45, 7) is 5.51. The Morgan fingerprint density at radius 3 is 2.56 bits per heavy atom. The van der Waals surface area contributed by atoms with E-state index in [-0.39, 0.29) is 5.91 Å². The van der Waals surface area contributed by atoms with E-state index in [0.717, 1.165) is 49.5 Å². The molecule has 0 bridgehead atoms. The zero-order chi connectivity index (χ0) is 18.6. The van der Waals surface area contributed by atoms with E-state index in [4.69, 9.17) is 0 Å². The summed E-state index contributed by atoms with van der Waals surface area (Å²) in [7, 11) is 0. The van der Waals surface area contributed by atoms with Gasteiger partial charge in [-0.05, 0) is 63.0 Å². The maximum atomic E-state index is 12.2. The van der Waals surface area contributed by atoms with Crippen molar-refractivity contribution in [3.63, 3.8) is 0 Å². The summed E-state index contributed by atoms with van der Waals surface area (Å²) in [5.74, 6) is 1.78. The van der Waals surface area contributed by atoms with Gasteiger partial charge in [0.15, 0.2) is 0 Å². The first-order chi connectivity index (χ1) is 13.2. The van der Waals surface area contributed by atoms with Crippen LogP contribution in [0.1, 0.15) is 18.7 Å². The van der Waals surface area contributed by atoms with E-state index in [1.807, 2.05) is 36.4 Å². The average molecular weight is 362 g/mol. The lowest BCUT2D eigenvalue weighted by Gasteiger charge is -2.31. The van der Waals surface area contributed by atoms with Crippen LogP contribution < -0.4 is 5.32 Å². The van der Waals surface area contributed by atoms with Crippen LogP contribution in [0.4, 0.5) is 5.69 Å². The van der Waals surface area contributed by atoms with E-state index in [0.29, 0.717) is 12.5 Å². The monoisotopic (exact) mass is 362 g/mol. The Hall–Kier alpha value is -2.66. The third-order valence-electron chi connectivity index (χ3n) is 5.42. The molecule has 0 saturated carbocycles. The molecule has 0 atom stereocenters. The highest BCUT2D eigenvalue weighted by molar-refractivity contribution is 5.92. The third-order valence-corrected chi connectivity index (χ3v) is 5.42. The van der Waals surface area contributed by atoms with E-state index in [2.05, 4.69) is 44.9 Å². The molecule has 0 aliphatic carbocycles. The lowest BCUT2D eigenvalue weighted by atomic mass is 9.96. The van der Waals surface area contributed by atoms with Crippen molar-refractivity contribution in [3.05, 3.63) is 60.4 Å². The van der Waals surface area contributed by atoms with Crippen molar-refractivity contribution >= 4 is 22.6 Å². The molecule has 5 heteroatoms. The van der Waals surface area contributed by atoms with Crippen molar-refractivity contribution in [2.24, 2.45) is 5.92 Å². The minimum Gasteiger partial charge on any atom is -0.328 e. The number of carbonyl (C=O) groups is 1. The zero-order valence-corrected chi connectivity index (χ0v) is 15.8. The number of carbonyl (C=O) groups excluding carboxylic acids is 1. The normalized spacial score (nSPS) is 15.9. The molecule has 0 radical (unpaired) electrons. The van der Waals surface area contributed by atoms with Crippen LogP contribution in [0.5, 0.6) is 0 Å². The first-order valence-electron chi connectivity index (χ1n) is 9.68. The molecule has 4 rings (SSSR count). The number of likely N-dealkylation sites (tertiary alicyclic amines) is 1. The van der Waals surface area contributed by atoms with E-state index in [9.17, 15) is 4.79 Å². The van der Waals surface area contributed by atoms with Crippen molar-refractivity contribution < 1.29 is 4.79 Å². The van der Waals surface area contributed by atoms with E-state index >= 15 is 0 Å². The zero-order valence-electron chi connectivity index (χ0n) is 15.8. The number of hydrogen-bond acceptors (Lipinski definition) is 3. The van der Waals surface area contributed by atoms with Crippen molar-refractivity contribution in [2.45, 2.75) is 26.3 Å². The molecule has 0 spiro atoms. The molecule has 1 aliphatic heterocycles. The van der Waals surface area contributed by atoms with E-state index in [1.165, 1.54) is 5.52 Å². The first kappa shape index (κ1) is 17.7. The number of rotatable bonds is 5. The summed E-state index contributed by atoms with van der Waals surface area (Å²) in [6.07, 6.45) is 2.23. The predicted octanol–water partition coefficient (Wildman–Crippen LogP) is 3.70. The number of anilines is 1. The van der Waals surface area contributed by atoms with Gasteiger partial charge in [-0.15, -0.1) is 0 Å². The molecular formula is C22H26N4O. The van der Waals surface area contributed by atoms with Crippen LogP contribution in [-0.2, 0) is 11.3 Å². The number of para-hydroxylation sites is 3. The Kier molecular flexibility index (Phi) is 5.21. The molecule has 1 aromatic heterocycles. The second-order valence-corrected chi connectivity index (χ2v) is 7.39. The molecule has 0 unspecified atom stereocenters. The number of piperidine rings is 1. The minimum atomic E-state index is 0.0658. The predicted molar refractivity (Wildman–Crippen MR) is 109 cm³/mol. The maximum Gasteiger partial charge on any atom is 0.238 e. The third kappa shape index (κ3) is 4.19. The summed E-state index contributed by atoms with van der Waals surface area (Å²) in [4.78, 5) is 19.2. The molecule has 140 valence electrons. The second-order valence-electron chi connectivity index (χ2n) is 7.39. The van der Waals surface area contributed by atoms with E-state index in [1.54, 1.807) is 0 Å². The van der Waals surface area contributed by atoms with Crippen LogP contribution in [0.25, 0.3) is 11.0 Å². The smallest absolute Gasteiger partial charge is 0.238 e. The van der Waals surface area contributed by atoms with Crippen LogP contribution in [0.15, 0.2) is 54.6 Å². The van der Waals surface area contributed by atoms with Crippen LogP contribution in [0, 0.1) is 12.8 Å². The molecule has 1 fully saturated rings. The highest BCUT2D eigenvalue weighted by Crippen LogP contribution is 2.23. The van der Waals surface area contributed by atoms with Gasteiger partial charge in [-0.2, -0.15) is 0 Å². The number of nitrogens with one attached hydrogen (secondary N) is 1. The fourth-order valence-electron chi connectivity index (χ4n) is 3.94. The first-order valence-corrected chi connectivity index (χ1v) is 9.68. The highest BCUT2D eigenvalue weighted by Gasteiger charge is 2.22. The van der Waals surface area contributed by atoms with Gasteiger partial charge in [0.2, 0.25) is 5.91 Å². The van der Waals surface area contributed by atoms with Gasteiger partial charge in [0, 0.05) is 12.2 Å². The Bertz CT molecular complexity index is 910. The molecule has 27 heavy (non-hydrogen) atoms. The average Bonchev–Trinajstić information content (AvgIpc) is 2.99. The van der Waals surface area contributed by atoms with Gasteiger partial charge in [-0.1, -0.05) is 30.3 Å². The van der Waals surface area contributed by atoms with Gasteiger partial charge in [0.25, 0.3) is 0 Å². The summed E-state index contributed by atoms with van der Waals surface area (Å²) < 4.78 is 2.35. The Morgan fingerprint density at radius 1 is 1.07 bits per heavy atom. The van der Waals surface area contributed by atoms with Crippen LogP contribution in [-0.4, -0.2) is 40.0 Å². The topological polar surface area (TPSA) is 50.2 Å². The summed E-state index contributed by atoms with van der Waals surface area (Å²) in [5.41, 5.74) is 3.16. The minimum absolute atomic E-state index is 0.0658. The molecule has 2 aromatic carbocycles. The lowest BCUT2D eigenvalue weighted by Crippen LogP contribution is -2.40. The molecule has 3 aromatic rings. The Labute approximate surface area is 160 Å². The number of aryl methyl sites for hydroxylation is 1. The van der Waals surface area contributed by atoms with Crippen LogP contribution in [0.2, 0.25) is 0 Å². The van der Waals surface area contributed by atoms with Crippen LogP contribution >= 0.6 is 0 Å². The summed E-state index contributed by atoms with van der Waals surface area (Å²) in [6, 6.07) is 18.0. The quantitative estimate of drug-likeness (QED) is 0.753. The van der Waals surface area contributed by atoms with Crippen molar-refractivity contribution in [3.8, 4) is 0 Å².